The van der Waals surface area contributed by atoms with Crippen LogP contribution in [0.2, 0.25) is 18.1 Å². The number of ether oxygens (including phenoxy) is 1. The normalized spacial score (nSPS) is 15.9. The van der Waals surface area contributed by atoms with Gasteiger partial charge in [-0.25, -0.2) is 4.79 Å². The van der Waals surface area contributed by atoms with Crippen molar-refractivity contribution in [3.8, 4) is 0 Å². The Morgan fingerprint density at radius 1 is 1.17 bits per heavy atom. The first-order valence-corrected chi connectivity index (χ1v) is 11.4. The third kappa shape index (κ3) is 9.32. The van der Waals surface area contributed by atoms with Gasteiger partial charge in [-0.15, -0.1) is 0 Å². The van der Waals surface area contributed by atoms with Crippen molar-refractivity contribution in [3.63, 3.8) is 0 Å². The Balaban J connectivity index is 4.11. The Kier molecular flexibility index (Phi) is 8.27. The van der Waals surface area contributed by atoms with Crippen LogP contribution in [0, 0.1) is 0 Å². The predicted octanol–water partition coefficient (Wildman–Crippen LogP) is 4.06. The highest BCUT2D eigenvalue weighted by atomic mass is 28.4. The third-order valence-corrected chi connectivity index (χ3v) is 8.77. The van der Waals surface area contributed by atoms with E-state index in [1.54, 1.807) is 6.92 Å². The van der Waals surface area contributed by atoms with Gasteiger partial charge in [0, 0.05) is 6.61 Å². The SMILES string of the molecule is C[C@H](NC(=O)OC(C)(C)C)C(O)CCCO[Si](C)(C)C(C)(C)C. The average molecular weight is 348 g/mol. The van der Waals surface area contributed by atoms with Gasteiger partial charge >= 0.3 is 6.09 Å². The smallest absolute Gasteiger partial charge is 0.407 e. The molecule has 0 aromatic carbocycles. The fraction of sp³-hybridized carbons (Fsp3) is 0.941. The van der Waals surface area contributed by atoms with Crippen molar-refractivity contribution in [2.24, 2.45) is 0 Å². The third-order valence-electron chi connectivity index (χ3n) is 4.23. The van der Waals surface area contributed by atoms with Gasteiger partial charge in [0.15, 0.2) is 8.32 Å². The first-order chi connectivity index (χ1) is 10.2. The molecule has 0 saturated heterocycles. The van der Waals surface area contributed by atoms with Crippen LogP contribution in [0.3, 0.4) is 0 Å². The second kappa shape index (κ2) is 8.49. The summed E-state index contributed by atoms with van der Waals surface area (Å²) in [5, 5.41) is 13.0. The van der Waals surface area contributed by atoms with Crippen molar-refractivity contribution < 1.29 is 19.1 Å². The molecule has 2 atom stereocenters. The number of carbonyl (C=O) groups excluding carboxylic acids is 1. The molecule has 23 heavy (non-hydrogen) atoms. The van der Waals surface area contributed by atoms with E-state index in [0.29, 0.717) is 13.0 Å². The number of hydrogen-bond acceptors (Lipinski definition) is 4. The number of amides is 1. The zero-order valence-electron chi connectivity index (χ0n) is 16.4. The maximum atomic E-state index is 11.7. The second-order valence-corrected chi connectivity index (χ2v) is 13.6. The molecule has 0 aliphatic heterocycles. The Labute approximate surface area is 143 Å². The molecule has 1 amide bonds. The highest BCUT2D eigenvalue weighted by molar-refractivity contribution is 6.74. The first kappa shape index (κ1) is 22.4. The van der Waals surface area contributed by atoms with E-state index in [-0.39, 0.29) is 11.1 Å². The maximum absolute atomic E-state index is 11.7. The summed E-state index contributed by atoms with van der Waals surface area (Å²) in [5.74, 6) is 0. The highest BCUT2D eigenvalue weighted by Gasteiger charge is 2.36. The lowest BCUT2D eigenvalue weighted by molar-refractivity contribution is 0.0423. The zero-order chi connectivity index (χ0) is 18.5. The molecule has 6 heteroatoms. The Hall–Kier alpha value is -0.593. The molecule has 0 aromatic heterocycles. The molecule has 0 rings (SSSR count). The summed E-state index contributed by atoms with van der Waals surface area (Å²) < 4.78 is 11.3. The molecule has 0 aromatic rings. The van der Waals surface area contributed by atoms with Gasteiger partial charge in [-0.3, -0.25) is 0 Å². The van der Waals surface area contributed by atoms with E-state index in [1.165, 1.54) is 0 Å². The molecular weight excluding hydrogens is 310 g/mol. The Morgan fingerprint density at radius 2 is 1.70 bits per heavy atom. The van der Waals surface area contributed by atoms with Crippen LogP contribution < -0.4 is 5.32 Å². The summed E-state index contributed by atoms with van der Waals surface area (Å²) in [6, 6.07) is -0.349. The van der Waals surface area contributed by atoms with E-state index < -0.39 is 26.1 Å². The number of aliphatic hydroxyl groups is 1. The van der Waals surface area contributed by atoms with Crippen LogP contribution in [0.5, 0.6) is 0 Å². The van der Waals surface area contributed by atoms with Crippen molar-refractivity contribution in [1.82, 2.24) is 5.32 Å². The average Bonchev–Trinajstić information content (AvgIpc) is 2.30. The molecule has 0 bridgehead atoms. The van der Waals surface area contributed by atoms with Gasteiger partial charge < -0.3 is 19.6 Å². The number of rotatable bonds is 7. The van der Waals surface area contributed by atoms with Crippen LogP contribution in [0.25, 0.3) is 0 Å². The van der Waals surface area contributed by atoms with E-state index in [1.807, 2.05) is 20.8 Å². The largest absolute Gasteiger partial charge is 0.444 e. The summed E-state index contributed by atoms with van der Waals surface area (Å²) in [6.45, 7) is 18.9. The molecule has 138 valence electrons. The standard InChI is InChI=1S/C17H37NO4Si/c1-13(18-15(20)22-16(2,3)4)14(19)11-10-12-21-23(8,9)17(5,6)7/h13-14,19H,10-12H2,1-9H3,(H,18,20)/t13-,14?/m0/s1. The first-order valence-electron chi connectivity index (χ1n) is 8.47. The molecule has 0 spiro atoms. The monoisotopic (exact) mass is 347 g/mol. The molecule has 0 radical (unpaired) electrons. The van der Waals surface area contributed by atoms with Crippen molar-refractivity contribution in [2.45, 2.75) is 97.2 Å². The second-order valence-electron chi connectivity index (χ2n) is 8.75. The lowest BCUT2D eigenvalue weighted by atomic mass is 10.1. The number of carbonyl (C=O) groups is 1. The van der Waals surface area contributed by atoms with Gasteiger partial charge in [0.25, 0.3) is 0 Å². The van der Waals surface area contributed by atoms with Crippen molar-refractivity contribution in [1.29, 1.82) is 0 Å². The zero-order valence-corrected chi connectivity index (χ0v) is 17.4. The maximum Gasteiger partial charge on any atom is 0.407 e. The van der Waals surface area contributed by atoms with E-state index in [2.05, 4.69) is 39.2 Å². The van der Waals surface area contributed by atoms with E-state index in [4.69, 9.17) is 9.16 Å². The van der Waals surface area contributed by atoms with Crippen LogP contribution in [0.1, 0.15) is 61.3 Å². The molecule has 0 aliphatic rings. The number of hydrogen-bond donors (Lipinski definition) is 2. The van der Waals surface area contributed by atoms with Crippen LogP contribution in [-0.2, 0) is 9.16 Å². The van der Waals surface area contributed by atoms with Crippen LogP contribution >= 0.6 is 0 Å². The topological polar surface area (TPSA) is 67.8 Å². The lowest BCUT2D eigenvalue weighted by Gasteiger charge is -2.36. The number of nitrogens with one attached hydrogen (secondary N) is 1. The molecule has 5 nitrogen and oxygen atoms in total. The Bertz CT molecular complexity index is 372. The Morgan fingerprint density at radius 3 is 2.13 bits per heavy atom. The number of alkyl carbamates (subject to hydrolysis) is 1. The highest BCUT2D eigenvalue weighted by Crippen LogP contribution is 2.36. The fourth-order valence-electron chi connectivity index (χ4n) is 1.68. The van der Waals surface area contributed by atoms with Gasteiger partial charge in [-0.2, -0.15) is 0 Å². The van der Waals surface area contributed by atoms with Crippen LogP contribution in [-0.4, -0.2) is 43.9 Å². The summed E-state index contributed by atoms with van der Waals surface area (Å²) in [5.41, 5.74) is -0.536. The van der Waals surface area contributed by atoms with E-state index in [0.717, 1.165) is 6.42 Å². The molecule has 0 aliphatic carbocycles. The summed E-state index contributed by atoms with van der Waals surface area (Å²) in [6.07, 6.45) is 0.256. The van der Waals surface area contributed by atoms with Gasteiger partial charge in [0.05, 0.1) is 12.1 Å². The minimum absolute atomic E-state index is 0.192. The molecule has 0 heterocycles. The summed E-state index contributed by atoms with van der Waals surface area (Å²) in [4.78, 5) is 11.7. The van der Waals surface area contributed by atoms with Gasteiger partial charge in [0.2, 0.25) is 0 Å². The number of aliphatic hydroxyl groups excluding tert-OH is 1. The van der Waals surface area contributed by atoms with Crippen LogP contribution in [0.15, 0.2) is 0 Å². The predicted molar refractivity (Wildman–Crippen MR) is 97.2 cm³/mol. The molecule has 1 unspecified atom stereocenters. The fourth-order valence-corrected chi connectivity index (χ4v) is 2.76. The minimum Gasteiger partial charge on any atom is -0.444 e. The van der Waals surface area contributed by atoms with Gasteiger partial charge in [-0.1, -0.05) is 20.8 Å². The van der Waals surface area contributed by atoms with E-state index in [9.17, 15) is 9.90 Å². The van der Waals surface area contributed by atoms with E-state index >= 15 is 0 Å². The van der Waals surface area contributed by atoms with Crippen molar-refractivity contribution in [2.75, 3.05) is 6.61 Å². The quantitative estimate of drug-likeness (QED) is 0.538. The summed E-state index contributed by atoms with van der Waals surface area (Å²) >= 11 is 0. The molecular formula is C17H37NO4Si. The molecule has 0 saturated carbocycles. The molecule has 0 fully saturated rings. The van der Waals surface area contributed by atoms with Crippen molar-refractivity contribution >= 4 is 14.4 Å². The lowest BCUT2D eigenvalue weighted by Crippen LogP contribution is -2.44. The minimum atomic E-state index is -1.73. The molecule has 2 N–H and O–H groups in total. The van der Waals surface area contributed by atoms with Gasteiger partial charge in [-0.05, 0) is 58.7 Å². The summed E-state index contributed by atoms with van der Waals surface area (Å²) in [7, 11) is -1.73. The van der Waals surface area contributed by atoms with Crippen LogP contribution in [0.4, 0.5) is 4.79 Å². The van der Waals surface area contributed by atoms with Gasteiger partial charge in [0.1, 0.15) is 5.60 Å². The van der Waals surface area contributed by atoms with Crippen molar-refractivity contribution in [3.05, 3.63) is 0 Å².